The summed E-state index contributed by atoms with van der Waals surface area (Å²) in [6.45, 7) is 4.49. The topological polar surface area (TPSA) is 49.9 Å². The standard InChI is InChI=1S/C23H26N2O3/c1-17(28-23(27)20-11-10-18-6-5-7-19(18)16-20)22(26)25-14-12-24(13-15-25)21-8-3-2-4-9-21/h2-4,8-11,16-17H,5-7,12-15H2,1H3. The van der Waals surface area contributed by atoms with Crippen molar-refractivity contribution in [1.82, 2.24) is 4.90 Å². The number of aryl methyl sites for hydroxylation is 2. The third-order valence-corrected chi connectivity index (χ3v) is 5.68. The largest absolute Gasteiger partial charge is 0.449 e. The van der Waals surface area contributed by atoms with E-state index in [1.165, 1.54) is 16.8 Å². The smallest absolute Gasteiger partial charge is 0.338 e. The molecule has 5 heteroatoms. The molecule has 0 saturated carbocycles. The average Bonchev–Trinajstić information content (AvgIpc) is 3.22. The zero-order valence-corrected chi connectivity index (χ0v) is 16.3. The number of rotatable bonds is 4. The molecule has 1 aliphatic heterocycles. The molecule has 1 fully saturated rings. The lowest BCUT2D eigenvalue weighted by Crippen LogP contribution is -2.51. The molecule has 1 saturated heterocycles. The Labute approximate surface area is 165 Å². The van der Waals surface area contributed by atoms with E-state index >= 15 is 0 Å². The number of carbonyl (C=O) groups is 2. The number of fused-ring (bicyclic) bond motifs is 1. The average molecular weight is 378 g/mol. The molecule has 1 atom stereocenters. The highest BCUT2D eigenvalue weighted by Crippen LogP contribution is 2.23. The van der Waals surface area contributed by atoms with Gasteiger partial charge in [-0.3, -0.25) is 4.79 Å². The number of benzene rings is 2. The minimum atomic E-state index is -0.774. The van der Waals surface area contributed by atoms with E-state index in [1.54, 1.807) is 11.8 Å². The maximum absolute atomic E-state index is 12.7. The monoisotopic (exact) mass is 378 g/mol. The van der Waals surface area contributed by atoms with Gasteiger partial charge in [-0.25, -0.2) is 4.79 Å². The summed E-state index contributed by atoms with van der Waals surface area (Å²) in [5, 5.41) is 0. The summed E-state index contributed by atoms with van der Waals surface area (Å²) in [6, 6.07) is 15.9. The summed E-state index contributed by atoms with van der Waals surface area (Å²) in [5.74, 6) is -0.541. The van der Waals surface area contributed by atoms with Crippen LogP contribution in [0.4, 0.5) is 5.69 Å². The molecule has 1 heterocycles. The molecule has 146 valence electrons. The lowest BCUT2D eigenvalue weighted by molar-refractivity contribution is -0.140. The van der Waals surface area contributed by atoms with Crippen LogP contribution in [0, 0.1) is 0 Å². The fraction of sp³-hybridized carbons (Fsp3) is 0.391. The Hall–Kier alpha value is -2.82. The van der Waals surface area contributed by atoms with E-state index in [1.807, 2.05) is 36.4 Å². The molecule has 2 aromatic rings. The second-order valence-electron chi connectivity index (χ2n) is 7.53. The third kappa shape index (κ3) is 3.88. The molecule has 4 rings (SSSR count). The Morgan fingerprint density at radius 3 is 2.39 bits per heavy atom. The highest BCUT2D eigenvalue weighted by atomic mass is 16.5. The van der Waals surface area contributed by atoms with Gasteiger partial charge in [0, 0.05) is 31.9 Å². The predicted octanol–water partition coefficient (Wildman–Crippen LogP) is 3.07. The number of ether oxygens (including phenoxy) is 1. The van der Waals surface area contributed by atoms with Gasteiger partial charge in [-0.05, 0) is 61.6 Å². The lowest BCUT2D eigenvalue weighted by Gasteiger charge is -2.37. The second kappa shape index (κ2) is 8.05. The summed E-state index contributed by atoms with van der Waals surface area (Å²) >= 11 is 0. The number of anilines is 1. The first-order chi connectivity index (χ1) is 13.6. The van der Waals surface area contributed by atoms with Crippen LogP contribution in [-0.4, -0.2) is 49.1 Å². The van der Waals surface area contributed by atoms with E-state index in [2.05, 4.69) is 17.0 Å². The highest BCUT2D eigenvalue weighted by molar-refractivity contribution is 5.92. The SMILES string of the molecule is CC(OC(=O)c1ccc2c(c1)CCC2)C(=O)N1CCN(c2ccccc2)CC1. The number of esters is 1. The van der Waals surface area contributed by atoms with Gasteiger partial charge >= 0.3 is 5.97 Å². The Morgan fingerprint density at radius 1 is 0.929 bits per heavy atom. The normalized spacial score (nSPS) is 17.2. The Balaban J connectivity index is 1.32. The molecule has 2 aromatic carbocycles. The molecule has 28 heavy (non-hydrogen) atoms. The zero-order chi connectivity index (χ0) is 19.5. The lowest BCUT2D eigenvalue weighted by atomic mass is 10.1. The number of amides is 1. The molecular formula is C23H26N2O3. The Morgan fingerprint density at radius 2 is 1.64 bits per heavy atom. The molecular weight excluding hydrogens is 352 g/mol. The van der Waals surface area contributed by atoms with Crippen molar-refractivity contribution in [1.29, 1.82) is 0 Å². The van der Waals surface area contributed by atoms with Crippen LogP contribution in [0.2, 0.25) is 0 Å². The number of nitrogens with zero attached hydrogens (tertiary/aromatic N) is 2. The predicted molar refractivity (Wildman–Crippen MR) is 109 cm³/mol. The van der Waals surface area contributed by atoms with Gasteiger partial charge in [-0.1, -0.05) is 24.3 Å². The number of hydrogen-bond acceptors (Lipinski definition) is 4. The van der Waals surface area contributed by atoms with Crippen LogP contribution in [0.3, 0.4) is 0 Å². The number of hydrogen-bond donors (Lipinski definition) is 0. The summed E-state index contributed by atoms with van der Waals surface area (Å²) in [5.41, 5.74) is 4.25. The molecule has 1 unspecified atom stereocenters. The molecule has 0 bridgehead atoms. The Kier molecular flexibility index (Phi) is 5.33. The van der Waals surface area contributed by atoms with Crippen LogP contribution in [0.5, 0.6) is 0 Å². The first-order valence-electron chi connectivity index (χ1n) is 10.0. The summed E-state index contributed by atoms with van der Waals surface area (Å²) in [4.78, 5) is 29.3. The summed E-state index contributed by atoms with van der Waals surface area (Å²) in [6.07, 6.45) is 2.45. The van der Waals surface area contributed by atoms with Crippen LogP contribution in [0.1, 0.15) is 34.8 Å². The van der Waals surface area contributed by atoms with Crippen molar-refractivity contribution >= 4 is 17.6 Å². The molecule has 1 aliphatic carbocycles. The molecule has 5 nitrogen and oxygen atoms in total. The number of piperazine rings is 1. The third-order valence-electron chi connectivity index (χ3n) is 5.68. The van der Waals surface area contributed by atoms with Gasteiger partial charge in [-0.2, -0.15) is 0 Å². The van der Waals surface area contributed by atoms with E-state index < -0.39 is 12.1 Å². The van der Waals surface area contributed by atoms with Crippen molar-refractivity contribution in [2.45, 2.75) is 32.3 Å². The summed E-state index contributed by atoms with van der Waals surface area (Å²) in [7, 11) is 0. The molecule has 0 radical (unpaired) electrons. The van der Waals surface area contributed by atoms with Crippen molar-refractivity contribution in [3.63, 3.8) is 0 Å². The van der Waals surface area contributed by atoms with Crippen molar-refractivity contribution in [3.8, 4) is 0 Å². The first kappa shape index (κ1) is 18.5. The van der Waals surface area contributed by atoms with Crippen LogP contribution in [0.15, 0.2) is 48.5 Å². The van der Waals surface area contributed by atoms with Crippen molar-refractivity contribution in [2.24, 2.45) is 0 Å². The maximum Gasteiger partial charge on any atom is 0.338 e. The van der Waals surface area contributed by atoms with Crippen LogP contribution < -0.4 is 4.90 Å². The molecule has 0 N–H and O–H groups in total. The Bertz CT molecular complexity index is 857. The minimum absolute atomic E-state index is 0.123. The van der Waals surface area contributed by atoms with Gasteiger partial charge in [0.1, 0.15) is 0 Å². The van der Waals surface area contributed by atoms with Crippen molar-refractivity contribution < 1.29 is 14.3 Å². The van der Waals surface area contributed by atoms with E-state index in [4.69, 9.17) is 4.74 Å². The number of carbonyl (C=O) groups excluding carboxylic acids is 2. The van der Waals surface area contributed by atoms with E-state index in [9.17, 15) is 9.59 Å². The van der Waals surface area contributed by atoms with Crippen LogP contribution >= 0.6 is 0 Å². The molecule has 2 aliphatic rings. The number of para-hydroxylation sites is 1. The molecule has 0 aromatic heterocycles. The molecule has 1 amide bonds. The maximum atomic E-state index is 12.7. The van der Waals surface area contributed by atoms with Gasteiger partial charge in [0.15, 0.2) is 6.10 Å². The van der Waals surface area contributed by atoms with Gasteiger partial charge < -0.3 is 14.5 Å². The van der Waals surface area contributed by atoms with Gasteiger partial charge in [0.05, 0.1) is 5.56 Å². The minimum Gasteiger partial charge on any atom is -0.449 e. The highest BCUT2D eigenvalue weighted by Gasteiger charge is 2.28. The summed E-state index contributed by atoms with van der Waals surface area (Å²) < 4.78 is 5.48. The zero-order valence-electron chi connectivity index (χ0n) is 16.3. The second-order valence-corrected chi connectivity index (χ2v) is 7.53. The van der Waals surface area contributed by atoms with Gasteiger partial charge in [0.25, 0.3) is 5.91 Å². The fourth-order valence-electron chi connectivity index (χ4n) is 4.06. The quantitative estimate of drug-likeness (QED) is 0.768. The van der Waals surface area contributed by atoms with Crippen LogP contribution in [0.25, 0.3) is 0 Å². The van der Waals surface area contributed by atoms with E-state index in [0.29, 0.717) is 18.7 Å². The van der Waals surface area contributed by atoms with Crippen molar-refractivity contribution in [3.05, 3.63) is 65.2 Å². The van der Waals surface area contributed by atoms with Gasteiger partial charge in [-0.15, -0.1) is 0 Å². The molecule has 0 spiro atoms. The van der Waals surface area contributed by atoms with Gasteiger partial charge in [0.2, 0.25) is 0 Å². The fourth-order valence-corrected chi connectivity index (χ4v) is 4.06. The first-order valence-corrected chi connectivity index (χ1v) is 10.0. The van der Waals surface area contributed by atoms with Crippen LogP contribution in [-0.2, 0) is 22.4 Å². The van der Waals surface area contributed by atoms with E-state index in [-0.39, 0.29) is 5.91 Å². The van der Waals surface area contributed by atoms with Crippen molar-refractivity contribution in [2.75, 3.05) is 31.1 Å². The van der Waals surface area contributed by atoms with E-state index in [0.717, 1.165) is 32.4 Å².